The molecule has 2 aromatic rings. The van der Waals surface area contributed by atoms with Gasteiger partial charge >= 0.3 is 6.03 Å². The zero-order chi connectivity index (χ0) is 18.1. The highest BCUT2D eigenvalue weighted by atomic mass is 16.2. The molecule has 0 bridgehead atoms. The van der Waals surface area contributed by atoms with Crippen molar-refractivity contribution in [2.75, 3.05) is 13.6 Å². The average molecular weight is 339 g/mol. The van der Waals surface area contributed by atoms with Crippen molar-refractivity contribution in [3.05, 3.63) is 71.8 Å². The predicted octanol–water partition coefficient (Wildman–Crippen LogP) is 3.10. The Morgan fingerprint density at radius 1 is 0.960 bits per heavy atom. The summed E-state index contributed by atoms with van der Waals surface area (Å²) >= 11 is 0. The average Bonchev–Trinajstić information content (AvgIpc) is 2.66. The molecule has 0 aliphatic rings. The van der Waals surface area contributed by atoms with Crippen LogP contribution >= 0.6 is 0 Å². The van der Waals surface area contributed by atoms with Crippen molar-refractivity contribution in [2.45, 2.75) is 25.9 Å². The molecule has 132 valence electrons. The fraction of sp³-hybridized carbons (Fsp3) is 0.300. The van der Waals surface area contributed by atoms with E-state index in [1.807, 2.05) is 67.6 Å². The molecule has 5 heteroatoms. The van der Waals surface area contributed by atoms with Crippen LogP contribution in [0.1, 0.15) is 30.5 Å². The monoisotopic (exact) mass is 339 g/mol. The molecule has 25 heavy (non-hydrogen) atoms. The SMILES string of the molecule is C[C@H](c1ccccc1)N(C)C(=O)CCNC(=O)NCc1ccccc1. The van der Waals surface area contributed by atoms with Crippen LogP contribution in [0.2, 0.25) is 0 Å². The van der Waals surface area contributed by atoms with Gasteiger partial charge in [0.15, 0.2) is 0 Å². The molecule has 1 atom stereocenters. The molecule has 0 heterocycles. The fourth-order valence-corrected chi connectivity index (χ4v) is 2.47. The number of benzene rings is 2. The number of urea groups is 1. The lowest BCUT2D eigenvalue weighted by molar-refractivity contribution is -0.131. The Morgan fingerprint density at radius 2 is 1.56 bits per heavy atom. The molecule has 3 amide bonds. The summed E-state index contributed by atoms with van der Waals surface area (Å²) < 4.78 is 0. The van der Waals surface area contributed by atoms with Crippen LogP contribution in [-0.4, -0.2) is 30.4 Å². The summed E-state index contributed by atoms with van der Waals surface area (Å²) in [5.41, 5.74) is 2.12. The van der Waals surface area contributed by atoms with Crippen LogP contribution in [0.25, 0.3) is 0 Å². The van der Waals surface area contributed by atoms with Gasteiger partial charge in [0, 0.05) is 26.6 Å². The first kappa shape index (κ1) is 18.5. The molecule has 0 saturated heterocycles. The fourth-order valence-electron chi connectivity index (χ4n) is 2.47. The zero-order valence-electron chi connectivity index (χ0n) is 14.7. The number of carbonyl (C=O) groups excluding carboxylic acids is 2. The van der Waals surface area contributed by atoms with Gasteiger partial charge in [-0.2, -0.15) is 0 Å². The summed E-state index contributed by atoms with van der Waals surface area (Å²) in [6.45, 7) is 2.77. The molecular formula is C20H25N3O2. The van der Waals surface area contributed by atoms with Crippen LogP contribution in [0.15, 0.2) is 60.7 Å². The first-order chi connectivity index (χ1) is 12.1. The Morgan fingerprint density at radius 3 is 2.20 bits per heavy atom. The Labute approximate surface area is 149 Å². The molecule has 0 aliphatic carbocycles. The maximum Gasteiger partial charge on any atom is 0.315 e. The first-order valence-corrected chi connectivity index (χ1v) is 8.44. The topological polar surface area (TPSA) is 61.4 Å². The standard InChI is InChI=1S/C20H25N3O2/c1-16(18-11-7-4-8-12-18)23(2)19(24)13-14-21-20(25)22-15-17-9-5-3-6-10-17/h3-12,16H,13-15H2,1-2H3,(H2,21,22,25)/t16-/m1/s1. The molecule has 2 N–H and O–H groups in total. The van der Waals surface area contributed by atoms with Crippen molar-refractivity contribution in [3.63, 3.8) is 0 Å². The Balaban J connectivity index is 1.69. The minimum absolute atomic E-state index is 0.000266. The lowest BCUT2D eigenvalue weighted by Gasteiger charge is -2.25. The number of nitrogens with one attached hydrogen (secondary N) is 2. The number of amides is 3. The predicted molar refractivity (Wildman–Crippen MR) is 98.9 cm³/mol. The van der Waals surface area contributed by atoms with E-state index in [9.17, 15) is 9.59 Å². The van der Waals surface area contributed by atoms with Crippen molar-refractivity contribution in [1.29, 1.82) is 0 Å². The van der Waals surface area contributed by atoms with E-state index in [1.54, 1.807) is 11.9 Å². The van der Waals surface area contributed by atoms with Crippen LogP contribution in [-0.2, 0) is 11.3 Å². The normalized spacial score (nSPS) is 11.4. The van der Waals surface area contributed by atoms with Crippen molar-refractivity contribution in [3.8, 4) is 0 Å². The largest absolute Gasteiger partial charge is 0.339 e. The number of carbonyl (C=O) groups is 2. The Hall–Kier alpha value is -2.82. The summed E-state index contributed by atoms with van der Waals surface area (Å²) in [5.74, 6) is -0.000266. The maximum atomic E-state index is 12.3. The zero-order valence-corrected chi connectivity index (χ0v) is 14.7. The second-order valence-corrected chi connectivity index (χ2v) is 5.94. The maximum absolute atomic E-state index is 12.3. The molecular weight excluding hydrogens is 314 g/mol. The van der Waals surface area contributed by atoms with Gasteiger partial charge in [0.2, 0.25) is 5.91 Å². The van der Waals surface area contributed by atoms with Crippen molar-refractivity contribution in [1.82, 2.24) is 15.5 Å². The van der Waals surface area contributed by atoms with Crippen molar-refractivity contribution < 1.29 is 9.59 Å². The molecule has 0 aliphatic heterocycles. The highest BCUT2D eigenvalue weighted by Gasteiger charge is 2.16. The molecule has 2 rings (SSSR count). The van der Waals surface area contributed by atoms with E-state index < -0.39 is 0 Å². The lowest BCUT2D eigenvalue weighted by atomic mass is 10.1. The van der Waals surface area contributed by atoms with Gasteiger partial charge in [0.05, 0.1) is 6.04 Å². The third-order valence-corrected chi connectivity index (χ3v) is 4.18. The van der Waals surface area contributed by atoms with E-state index in [1.165, 1.54) is 0 Å². The van der Waals surface area contributed by atoms with E-state index >= 15 is 0 Å². The van der Waals surface area contributed by atoms with E-state index in [2.05, 4.69) is 10.6 Å². The van der Waals surface area contributed by atoms with Crippen LogP contribution in [0.4, 0.5) is 4.79 Å². The van der Waals surface area contributed by atoms with E-state index in [0.29, 0.717) is 13.1 Å². The molecule has 5 nitrogen and oxygen atoms in total. The van der Waals surface area contributed by atoms with Gasteiger partial charge < -0.3 is 15.5 Å². The summed E-state index contributed by atoms with van der Waals surface area (Å²) in [6, 6.07) is 19.3. The van der Waals surface area contributed by atoms with Gasteiger partial charge in [-0.25, -0.2) is 4.79 Å². The van der Waals surface area contributed by atoms with Crippen LogP contribution in [0.3, 0.4) is 0 Å². The van der Waals surface area contributed by atoms with Crippen LogP contribution in [0.5, 0.6) is 0 Å². The number of rotatable bonds is 7. The molecule has 0 fully saturated rings. The summed E-state index contributed by atoms with van der Waals surface area (Å²) in [7, 11) is 1.79. The molecule has 0 aromatic heterocycles. The molecule has 0 unspecified atom stereocenters. The first-order valence-electron chi connectivity index (χ1n) is 8.44. The van der Waals surface area contributed by atoms with Crippen molar-refractivity contribution in [2.24, 2.45) is 0 Å². The van der Waals surface area contributed by atoms with Gasteiger partial charge in [-0.1, -0.05) is 60.7 Å². The third kappa shape index (κ3) is 5.95. The Bertz CT molecular complexity index is 674. The smallest absolute Gasteiger partial charge is 0.315 e. The minimum Gasteiger partial charge on any atom is -0.339 e. The van der Waals surface area contributed by atoms with E-state index in [4.69, 9.17) is 0 Å². The second-order valence-electron chi connectivity index (χ2n) is 5.94. The summed E-state index contributed by atoms with van der Waals surface area (Å²) in [5, 5.41) is 5.50. The van der Waals surface area contributed by atoms with Gasteiger partial charge in [-0.05, 0) is 18.1 Å². The van der Waals surface area contributed by atoms with E-state index in [0.717, 1.165) is 11.1 Å². The number of hydrogen-bond acceptors (Lipinski definition) is 2. The molecule has 2 aromatic carbocycles. The molecule has 0 saturated carbocycles. The Kier molecular flexibility index (Phi) is 7.01. The second kappa shape index (κ2) is 9.47. The number of nitrogens with zero attached hydrogens (tertiary/aromatic N) is 1. The molecule has 0 spiro atoms. The van der Waals surface area contributed by atoms with Crippen molar-refractivity contribution >= 4 is 11.9 Å². The number of hydrogen-bond donors (Lipinski definition) is 2. The lowest BCUT2D eigenvalue weighted by Crippen LogP contribution is -2.38. The van der Waals surface area contributed by atoms with Crippen LogP contribution in [0, 0.1) is 0 Å². The minimum atomic E-state index is -0.268. The molecule has 0 radical (unpaired) electrons. The summed E-state index contributed by atoms with van der Waals surface area (Å²) in [6.07, 6.45) is 0.270. The van der Waals surface area contributed by atoms with Crippen LogP contribution < -0.4 is 10.6 Å². The third-order valence-electron chi connectivity index (χ3n) is 4.18. The highest BCUT2D eigenvalue weighted by molar-refractivity contribution is 5.78. The summed E-state index contributed by atoms with van der Waals surface area (Å²) in [4.78, 5) is 25.8. The van der Waals surface area contributed by atoms with Gasteiger partial charge in [0.25, 0.3) is 0 Å². The quantitative estimate of drug-likeness (QED) is 0.814. The van der Waals surface area contributed by atoms with Gasteiger partial charge in [-0.3, -0.25) is 4.79 Å². The van der Waals surface area contributed by atoms with Gasteiger partial charge in [0.1, 0.15) is 0 Å². The highest BCUT2D eigenvalue weighted by Crippen LogP contribution is 2.18. The van der Waals surface area contributed by atoms with E-state index in [-0.39, 0.29) is 24.4 Å². The van der Waals surface area contributed by atoms with Gasteiger partial charge in [-0.15, -0.1) is 0 Å².